The van der Waals surface area contributed by atoms with E-state index in [1.54, 1.807) is 0 Å². The lowest BCUT2D eigenvalue weighted by Gasteiger charge is -2.10. The quantitative estimate of drug-likeness (QED) is 0.389. The van der Waals surface area contributed by atoms with Crippen LogP contribution >= 0.6 is 0 Å². The molecule has 1 aliphatic rings. The number of ether oxygens (including phenoxy) is 1. The van der Waals surface area contributed by atoms with Gasteiger partial charge < -0.3 is 20.7 Å². The average molecular weight is 133 g/mol. The van der Waals surface area contributed by atoms with Crippen molar-refractivity contribution in [1.82, 2.24) is 0 Å². The summed E-state index contributed by atoms with van der Waals surface area (Å²) in [7, 11) is 0. The summed E-state index contributed by atoms with van der Waals surface area (Å²) in [6, 6.07) is 0. The largest absolute Gasteiger partial charge is 0.388 e. The second-order valence-corrected chi connectivity index (χ2v) is 2.17. The highest BCUT2D eigenvalue weighted by atomic mass is 16.5. The summed E-state index contributed by atoms with van der Waals surface area (Å²) in [5, 5.41) is 17.9. The van der Waals surface area contributed by atoms with Gasteiger partial charge >= 0.3 is 0 Å². The molecule has 1 saturated heterocycles. The first-order valence-electron chi connectivity index (χ1n) is 2.93. The maximum Gasteiger partial charge on any atom is 0.109 e. The zero-order valence-electron chi connectivity index (χ0n) is 5.03. The summed E-state index contributed by atoms with van der Waals surface area (Å²) >= 11 is 0. The number of hydrogen-bond donors (Lipinski definition) is 3. The molecule has 4 nitrogen and oxygen atoms in total. The van der Waals surface area contributed by atoms with Gasteiger partial charge in [0.2, 0.25) is 0 Å². The molecule has 1 aliphatic heterocycles. The van der Waals surface area contributed by atoms with Crippen LogP contribution in [0.5, 0.6) is 0 Å². The van der Waals surface area contributed by atoms with E-state index in [1.807, 2.05) is 0 Å². The van der Waals surface area contributed by atoms with Gasteiger partial charge in [-0.1, -0.05) is 0 Å². The van der Waals surface area contributed by atoms with Crippen molar-refractivity contribution >= 4 is 0 Å². The highest BCUT2D eigenvalue weighted by Gasteiger charge is 2.32. The van der Waals surface area contributed by atoms with Gasteiger partial charge in [-0.2, -0.15) is 0 Å². The normalized spacial score (nSPS) is 43.7. The van der Waals surface area contributed by atoms with Crippen molar-refractivity contribution in [2.45, 2.75) is 18.3 Å². The third kappa shape index (κ3) is 1.21. The fourth-order valence-electron chi connectivity index (χ4n) is 0.875. The van der Waals surface area contributed by atoms with Gasteiger partial charge in [0.05, 0.1) is 12.7 Å². The summed E-state index contributed by atoms with van der Waals surface area (Å²) in [5.41, 5.74) is 5.19. The van der Waals surface area contributed by atoms with Crippen LogP contribution < -0.4 is 5.73 Å². The summed E-state index contributed by atoms with van der Waals surface area (Å²) < 4.78 is 4.90. The molecule has 1 fully saturated rings. The van der Waals surface area contributed by atoms with Crippen molar-refractivity contribution in [3.05, 3.63) is 0 Å². The topological polar surface area (TPSA) is 75.7 Å². The van der Waals surface area contributed by atoms with E-state index in [-0.39, 0.29) is 19.3 Å². The van der Waals surface area contributed by atoms with Gasteiger partial charge in [0, 0.05) is 6.54 Å². The number of aliphatic hydroxyl groups excluding tert-OH is 2. The van der Waals surface area contributed by atoms with Crippen LogP contribution in [0.1, 0.15) is 0 Å². The van der Waals surface area contributed by atoms with E-state index in [0.717, 1.165) is 0 Å². The molecule has 4 heteroatoms. The fourth-order valence-corrected chi connectivity index (χ4v) is 0.875. The molecule has 0 spiro atoms. The van der Waals surface area contributed by atoms with Crippen LogP contribution in [0.3, 0.4) is 0 Å². The Morgan fingerprint density at radius 3 is 2.44 bits per heavy atom. The van der Waals surface area contributed by atoms with Crippen molar-refractivity contribution in [2.24, 2.45) is 5.73 Å². The average Bonchev–Trinajstić information content (AvgIpc) is 2.15. The van der Waals surface area contributed by atoms with Gasteiger partial charge in [-0.25, -0.2) is 0 Å². The first-order chi connectivity index (χ1) is 4.25. The molecule has 1 rings (SSSR count). The third-order valence-corrected chi connectivity index (χ3v) is 1.49. The van der Waals surface area contributed by atoms with Crippen LogP contribution in [0.25, 0.3) is 0 Å². The van der Waals surface area contributed by atoms with Crippen LogP contribution in [0, 0.1) is 0 Å². The molecule has 1 heterocycles. The lowest BCUT2D eigenvalue weighted by molar-refractivity contribution is 0.0276. The molecule has 9 heavy (non-hydrogen) atoms. The molecule has 3 atom stereocenters. The molecule has 2 unspecified atom stereocenters. The van der Waals surface area contributed by atoms with E-state index in [4.69, 9.17) is 20.7 Å². The number of nitrogens with two attached hydrogens (primary N) is 1. The van der Waals surface area contributed by atoms with E-state index >= 15 is 0 Å². The van der Waals surface area contributed by atoms with Gasteiger partial charge in [0.15, 0.2) is 0 Å². The maximum absolute atomic E-state index is 9.00. The summed E-state index contributed by atoms with van der Waals surface area (Å²) in [6.07, 6.45) is -1.92. The van der Waals surface area contributed by atoms with Crippen molar-refractivity contribution in [3.8, 4) is 0 Å². The van der Waals surface area contributed by atoms with Gasteiger partial charge in [-0.15, -0.1) is 0 Å². The van der Waals surface area contributed by atoms with Crippen molar-refractivity contribution in [1.29, 1.82) is 0 Å². The van der Waals surface area contributed by atoms with Crippen molar-refractivity contribution in [3.63, 3.8) is 0 Å². The third-order valence-electron chi connectivity index (χ3n) is 1.49. The first-order valence-corrected chi connectivity index (χ1v) is 2.93. The molecule has 0 saturated carbocycles. The maximum atomic E-state index is 9.00. The lowest BCUT2D eigenvalue weighted by Crippen LogP contribution is -2.34. The zero-order valence-corrected chi connectivity index (χ0v) is 5.03. The van der Waals surface area contributed by atoms with E-state index < -0.39 is 12.2 Å². The Bertz CT molecular complexity index is 98.2. The molecule has 0 bridgehead atoms. The van der Waals surface area contributed by atoms with Crippen LogP contribution in [-0.4, -0.2) is 41.7 Å². The minimum absolute atomic E-state index is 0.197. The molecule has 4 N–H and O–H groups in total. The summed E-state index contributed by atoms with van der Waals surface area (Å²) in [4.78, 5) is 0. The Labute approximate surface area is 53.2 Å². The SMILES string of the molecule is NC[C@H]1OCC(O)C1O. The number of rotatable bonds is 1. The monoisotopic (exact) mass is 133 g/mol. The zero-order chi connectivity index (χ0) is 6.85. The Morgan fingerprint density at radius 2 is 2.22 bits per heavy atom. The molecule has 0 aromatic carbocycles. The van der Waals surface area contributed by atoms with Gasteiger partial charge in [-0.3, -0.25) is 0 Å². The Hall–Kier alpha value is -0.160. The highest BCUT2D eigenvalue weighted by molar-refractivity contribution is 4.83. The van der Waals surface area contributed by atoms with Gasteiger partial charge in [0.1, 0.15) is 12.2 Å². The van der Waals surface area contributed by atoms with E-state index in [0.29, 0.717) is 0 Å². The van der Waals surface area contributed by atoms with Crippen LogP contribution in [0.4, 0.5) is 0 Å². The molecule has 54 valence electrons. The summed E-state index contributed by atoms with van der Waals surface area (Å²) in [5.74, 6) is 0. The van der Waals surface area contributed by atoms with Crippen LogP contribution in [0.15, 0.2) is 0 Å². The summed E-state index contributed by atoms with van der Waals surface area (Å²) in [6.45, 7) is 0.460. The minimum atomic E-state index is -0.796. The first kappa shape index (κ1) is 6.95. The Balaban J connectivity index is 2.41. The standard InChI is InChI=1S/C5H11NO3/c6-1-4-5(8)3(7)2-9-4/h3-5,7-8H,1-2,6H2/t3?,4-,5?/m1/s1. The molecule has 0 radical (unpaired) electrons. The van der Waals surface area contributed by atoms with Gasteiger partial charge in [-0.05, 0) is 0 Å². The van der Waals surface area contributed by atoms with Crippen molar-refractivity contribution < 1.29 is 14.9 Å². The number of aliphatic hydroxyl groups is 2. The highest BCUT2D eigenvalue weighted by Crippen LogP contribution is 2.12. The van der Waals surface area contributed by atoms with Gasteiger partial charge in [0.25, 0.3) is 0 Å². The van der Waals surface area contributed by atoms with Crippen LogP contribution in [-0.2, 0) is 4.74 Å². The predicted molar refractivity (Wildman–Crippen MR) is 30.8 cm³/mol. The number of hydrogen-bond acceptors (Lipinski definition) is 4. The molecular weight excluding hydrogens is 122 g/mol. The molecule has 0 aromatic rings. The minimum Gasteiger partial charge on any atom is -0.388 e. The second kappa shape index (κ2) is 2.62. The van der Waals surface area contributed by atoms with Crippen molar-refractivity contribution in [2.75, 3.05) is 13.2 Å². The Kier molecular flexibility index (Phi) is 2.02. The predicted octanol–water partition coefficient (Wildman–Crippen LogP) is -1.93. The molecule has 0 amide bonds. The second-order valence-electron chi connectivity index (χ2n) is 2.17. The molecule has 0 aromatic heterocycles. The van der Waals surface area contributed by atoms with Crippen LogP contribution in [0.2, 0.25) is 0 Å². The smallest absolute Gasteiger partial charge is 0.109 e. The van der Waals surface area contributed by atoms with E-state index in [9.17, 15) is 0 Å². The lowest BCUT2D eigenvalue weighted by atomic mass is 10.1. The molecule has 0 aliphatic carbocycles. The van der Waals surface area contributed by atoms with E-state index in [1.165, 1.54) is 0 Å². The Morgan fingerprint density at radius 1 is 1.56 bits per heavy atom. The fraction of sp³-hybridized carbons (Fsp3) is 1.00. The molecular formula is C5H11NO3. The van der Waals surface area contributed by atoms with E-state index in [2.05, 4.69) is 0 Å².